The predicted octanol–water partition coefficient (Wildman–Crippen LogP) is 2.83. The molecule has 1 nitrogen and oxygen atoms in total. The molecule has 1 rings (SSSR count). The Bertz CT molecular complexity index is 206. The van der Waals surface area contributed by atoms with E-state index in [0.29, 0.717) is 0 Å². The van der Waals surface area contributed by atoms with Crippen LogP contribution in [0.5, 0.6) is 0 Å². The second-order valence-corrected chi connectivity index (χ2v) is 3.45. The van der Waals surface area contributed by atoms with Gasteiger partial charge in [-0.15, -0.1) is 0 Å². The van der Waals surface area contributed by atoms with Crippen LogP contribution < -0.4 is 0 Å². The van der Waals surface area contributed by atoms with Gasteiger partial charge in [0.15, 0.2) is 0 Å². The van der Waals surface area contributed by atoms with Gasteiger partial charge in [-0.05, 0) is 36.4 Å². The first-order chi connectivity index (χ1) is 5.33. The lowest BCUT2D eigenvalue weighted by atomic mass is 10.1. The fourth-order valence-corrected chi connectivity index (χ4v) is 2.30. The van der Waals surface area contributed by atoms with Crippen LogP contribution in [-0.2, 0) is 19.3 Å². The quantitative estimate of drug-likeness (QED) is 0.678. The van der Waals surface area contributed by atoms with Gasteiger partial charge in [0.2, 0.25) is 0 Å². The minimum absolute atomic E-state index is 1.08. The molecule has 0 unspecified atom stereocenters. The second kappa shape index (κ2) is 3.86. The van der Waals surface area contributed by atoms with Crippen LogP contribution in [0.4, 0.5) is 0 Å². The first-order valence-electron chi connectivity index (χ1n) is 4.29. The molecule has 0 aliphatic heterocycles. The summed E-state index contributed by atoms with van der Waals surface area (Å²) in [6.07, 6.45) is 3.36. The minimum Gasteiger partial charge on any atom is -0.197 e. The van der Waals surface area contributed by atoms with Crippen molar-refractivity contribution in [3.05, 3.63) is 16.1 Å². The molecule has 1 aromatic rings. The van der Waals surface area contributed by atoms with Crippen LogP contribution in [0.15, 0.2) is 0 Å². The smallest absolute Gasteiger partial charge is 0.0574 e. The maximum atomic E-state index is 4.42. The van der Waals surface area contributed by atoms with Gasteiger partial charge in [-0.2, -0.15) is 4.37 Å². The van der Waals surface area contributed by atoms with Gasteiger partial charge in [0.1, 0.15) is 0 Å². The van der Waals surface area contributed by atoms with Gasteiger partial charge in [0.25, 0.3) is 0 Å². The van der Waals surface area contributed by atoms with Gasteiger partial charge >= 0.3 is 0 Å². The van der Waals surface area contributed by atoms with Crippen molar-refractivity contribution in [2.75, 3.05) is 0 Å². The molecule has 0 saturated heterocycles. The third-order valence-corrected chi connectivity index (χ3v) is 3.03. The molecule has 0 amide bonds. The highest BCUT2D eigenvalue weighted by Crippen LogP contribution is 2.20. The molecule has 0 fully saturated rings. The monoisotopic (exact) mass is 169 g/mol. The third-order valence-electron chi connectivity index (χ3n) is 1.96. The van der Waals surface area contributed by atoms with Gasteiger partial charge in [-0.3, -0.25) is 0 Å². The van der Waals surface area contributed by atoms with E-state index in [2.05, 4.69) is 25.1 Å². The van der Waals surface area contributed by atoms with Gasteiger partial charge in [0, 0.05) is 4.88 Å². The number of aromatic nitrogens is 1. The van der Waals surface area contributed by atoms with E-state index in [9.17, 15) is 0 Å². The normalized spacial score (nSPS) is 10.5. The van der Waals surface area contributed by atoms with Crippen molar-refractivity contribution in [1.29, 1.82) is 0 Å². The Morgan fingerprint density at radius 3 is 2.27 bits per heavy atom. The summed E-state index contributed by atoms with van der Waals surface area (Å²) < 4.78 is 4.42. The number of nitrogens with zero attached hydrogens (tertiary/aromatic N) is 1. The van der Waals surface area contributed by atoms with Crippen molar-refractivity contribution in [3.63, 3.8) is 0 Å². The summed E-state index contributed by atoms with van der Waals surface area (Å²) in [6, 6.07) is 0. The zero-order chi connectivity index (χ0) is 8.27. The fourth-order valence-electron chi connectivity index (χ4n) is 1.34. The number of rotatable bonds is 3. The van der Waals surface area contributed by atoms with E-state index in [1.165, 1.54) is 16.1 Å². The Morgan fingerprint density at radius 2 is 1.82 bits per heavy atom. The lowest BCUT2D eigenvalue weighted by Crippen LogP contribution is -1.89. The molecule has 1 heterocycles. The molecule has 0 N–H and O–H groups in total. The molecule has 1 aromatic heterocycles. The Morgan fingerprint density at radius 1 is 1.09 bits per heavy atom. The molecule has 2 heteroatoms. The van der Waals surface area contributed by atoms with Crippen LogP contribution in [-0.4, -0.2) is 4.37 Å². The van der Waals surface area contributed by atoms with Crippen molar-refractivity contribution in [2.24, 2.45) is 0 Å². The zero-order valence-corrected chi connectivity index (χ0v) is 8.29. The summed E-state index contributed by atoms with van der Waals surface area (Å²) in [5, 5.41) is 0. The highest BCUT2D eigenvalue weighted by atomic mass is 32.1. The SMILES string of the molecule is CCc1nsc(CC)c1CC. The number of hydrogen-bond donors (Lipinski definition) is 0. The largest absolute Gasteiger partial charge is 0.197 e. The molecule has 0 atom stereocenters. The van der Waals surface area contributed by atoms with E-state index in [0.717, 1.165) is 19.3 Å². The Kier molecular flexibility index (Phi) is 3.06. The van der Waals surface area contributed by atoms with Crippen LogP contribution in [0.25, 0.3) is 0 Å². The Balaban J connectivity index is 2.99. The van der Waals surface area contributed by atoms with E-state index < -0.39 is 0 Å². The molecule has 0 aromatic carbocycles. The third kappa shape index (κ3) is 1.62. The lowest BCUT2D eigenvalue weighted by Gasteiger charge is -1.97. The summed E-state index contributed by atoms with van der Waals surface area (Å²) >= 11 is 1.68. The van der Waals surface area contributed by atoms with Crippen LogP contribution in [0.2, 0.25) is 0 Å². The van der Waals surface area contributed by atoms with Crippen molar-refractivity contribution in [2.45, 2.75) is 40.0 Å². The molecule has 0 aliphatic carbocycles. The Hall–Kier alpha value is -0.370. The number of aryl methyl sites for hydroxylation is 2. The first-order valence-corrected chi connectivity index (χ1v) is 5.07. The second-order valence-electron chi connectivity index (χ2n) is 2.59. The highest BCUT2D eigenvalue weighted by Gasteiger charge is 2.07. The molecule has 0 aliphatic rings. The van der Waals surface area contributed by atoms with E-state index in [1.54, 1.807) is 11.5 Å². The average molecular weight is 169 g/mol. The van der Waals surface area contributed by atoms with Crippen molar-refractivity contribution in [1.82, 2.24) is 4.37 Å². The molecule has 11 heavy (non-hydrogen) atoms. The molecule has 0 radical (unpaired) electrons. The number of hydrogen-bond acceptors (Lipinski definition) is 2. The summed E-state index contributed by atoms with van der Waals surface area (Å²) in [7, 11) is 0. The maximum absolute atomic E-state index is 4.42. The van der Waals surface area contributed by atoms with Gasteiger partial charge in [-0.25, -0.2) is 0 Å². The van der Waals surface area contributed by atoms with Gasteiger partial charge in [0.05, 0.1) is 5.69 Å². The topological polar surface area (TPSA) is 12.9 Å². The fraction of sp³-hybridized carbons (Fsp3) is 0.667. The van der Waals surface area contributed by atoms with Crippen molar-refractivity contribution < 1.29 is 0 Å². The lowest BCUT2D eigenvalue weighted by molar-refractivity contribution is 0.986. The zero-order valence-electron chi connectivity index (χ0n) is 7.48. The highest BCUT2D eigenvalue weighted by molar-refractivity contribution is 7.06. The van der Waals surface area contributed by atoms with E-state index in [-0.39, 0.29) is 0 Å². The summed E-state index contributed by atoms with van der Waals surface area (Å²) in [6.45, 7) is 6.59. The van der Waals surface area contributed by atoms with E-state index in [4.69, 9.17) is 0 Å². The molecular formula is C9H15NS. The van der Waals surface area contributed by atoms with Crippen LogP contribution in [0, 0.1) is 0 Å². The van der Waals surface area contributed by atoms with Crippen molar-refractivity contribution in [3.8, 4) is 0 Å². The summed E-state index contributed by atoms with van der Waals surface area (Å²) in [5.74, 6) is 0. The molecular weight excluding hydrogens is 154 g/mol. The summed E-state index contributed by atoms with van der Waals surface area (Å²) in [5.41, 5.74) is 2.81. The van der Waals surface area contributed by atoms with E-state index in [1.807, 2.05) is 0 Å². The predicted molar refractivity (Wildman–Crippen MR) is 50.2 cm³/mol. The van der Waals surface area contributed by atoms with Crippen molar-refractivity contribution >= 4 is 11.5 Å². The minimum atomic E-state index is 1.08. The van der Waals surface area contributed by atoms with E-state index >= 15 is 0 Å². The molecule has 0 bridgehead atoms. The van der Waals surface area contributed by atoms with Gasteiger partial charge < -0.3 is 0 Å². The molecule has 0 spiro atoms. The standard InChI is InChI=1S/C9H15NS/c1-4-7-8(5-2)10-11-9(7)6-3/h4-6H2,1-3H3. The average Bonchev–Trinajstić information content (AvgIpc) is 2.45. The molecule has 62 valence electrons. The molecule has 0 saturated carbocycles. The maximum Gasteiger partial charge on any atom is 0.0574 e. The van der Waals surface area contributed by atoms with Crippen LogP contribution >= 0.6 is 11.5 Å². The van der Waals surface area contributed by atoms with Crippen LogP contribution in [0.3, 0.4) is 0 Å². The summed E-state index contributed by atoms with van der Waals surface area (Å²) in [4.78, 5) is 1.48. The Labute approximate surface area is 72.6 Å². The van der Waals surface area contributed by atoms with Crippen LogP contribution in [0.1, 0.15) is 36.9 Å². The first kappa shape index (κ1) is 8.72. The van der Waals surface area contributed by atoms with Gasteiger partial charge in [-0.1, -0.05) is 20.8 Å².